The Morgan fingerprint density at radius 1 is 1.32 bits per heavy atom. The molecule has 2 heterocycles. The molecule has 1 aromatic heterocycles. The first-order chi connectivity index (χ1) is 12.0. The predicted octanol–water partition coefficient (Wildman–Crippen LogP) is 2.58. The molecule has 2 amide bonds. The molecule has 1 aromatic rings. The summed E-state index contributed by atoms with van der Waals surface area (Å²) in [5, 5.41) is 16.2. The van der Waals surface area contributed by atoms with E-state index in [1.807, 2.05) is 0 Å². The van der Waals surface area contributed by atoms with Crippen molar-refractivity contribution >= 4 is 6.03 Å². The maximum Gasteiger partial charge on any atom is 0.315 e. The number of amides is 2. The van der Waals surface area contributed by atoms with Crippen LogP contribution in [0.3, 0.4) is 0 Å². The molecular weight excluding hydrogens is 318 g/mol. The third-order valence-corrected chi connectivity index (χ3v) is 5.52. The lowest BCUT2D eigenvalue weighted by molar-refractivity contribution is 0.0364. The minimum atomic E-state index is -1.21. The van der Waals surface area contributed by atoms with Crippen LogP contribution in [0.1, 0.15) is 57.6 Å². The van der Waals surface area contributed by atoms with Crippen molar-refractivity contribution in [2.45, 2.75) is 69.6 Å². The van der Waals surface area contributed by atoms with Gasteiger partial charge in [-0.1, -0.05) is 19.3 Å². The molecule has 25 heavy (non-hydrogen) atoms. The lowest BCUT2D eigenvalue weighted by Crippen LogP contribution is -2.54. The molecule has 1 saturated heterocycles. The van der Waals surface area contributed by atoms with Crippen LogP contribution in [0.15, 0.2) is 22.8 Å². The summed E-state index contributed by atoms with van der Waals surface area (Å²) in [6, 6.07) is 4.10. The Bertz CT molecular complexity index is 538. The molecule has 6 heteroatoms. The lowest BCUT2D eigenvalue weighted by Gasteiger charge is -2.40. The van der Waals surface area contributed by atoms with Gasteiger partial charge in [-0.15, -0.1) is 0 Å². The zero-order valence-corrected chi connectivity index (χ0v) is 15.2. The Labute approximate surface area is 150 Å². The van der Waals surface area contributed by atoms with Crippen LogP contribution in [-0.2, 0) is 5.60 Å². The standard InChI is InChI=1S/C19H31N3O3/c1-19(24,17-10-6-12-25-17)14-20-18(23)21-15-7-5-11-22(13-15)16-8-3-2-4-9-16/h6,10,12,15-16,24H,2-5,7-9,11,13-14H2,1H3,(H2,20,21,23). The van der Waals surface area contributed by atoms with E-state index in [-0.39, 0.29) is 18.6 Å². The lowest BCUT2D eigenvalue weighted by atomic mass is 9.92. The van der Waals surface area contributed by atoms with E-state index < -0.39 is 5.60 Å². The van der Waals surface area contributed by atoms with E-state index in [9.17, 15) is 9.90 Å². The number of nitrogens with one attached hydrogen (secondary N) is 2. The Morgan fingerprint density at radius 2 is 2.12 bits per heavy atom. The fourth-order valence-corrected chi connectivity index (χ4v) is 4.06. The molecular formula is C19H31N3O3. The fraction of sp³-hybridized carbons (Fsp3) is 0.737. The predicted molar refractivity (Wildman–Crippen MR) is 96.3 cm³/mol. The van der Waals surface area contributed by atoms with Crippen LogP contribution < -0.4 is 10.6 Å². The monoisotopic (exact) mass is 349 g/mol. The second-order valence-electron chi connectivity index (χ2n) is 7.70. The van der Waals surface area contributed by atoms with Crippen LogP contribution in [0.5, 0.6) is 0 Å². The third-order valence-electron chi connectivity index (χ3n) is 5.52. The number of urea groups is 1. The Kier molecular flexibility index (Phi) is 6.02. The van der Waals surface area contributed by atoms with Crippen molar-refractivity contribution in [1.82, 2.24) is 15.5 Å². The molecule has 2 aliphatic rings. The highest BCUT2D eigenvalue weighted by molar-refractivity contribution is 5.74. The number of likely N-dealkylation sites (tertiary alicyclic amines) is 1. The van der Waals surface area contributed by atoms with Crippen LogP contribution in [0.2, 0.25) is 0 Å². The van der Waals surface area contributed by atoms with E-state index in [0.29, 0.717) is 11.8 Å². The summed E-state index contributed by atoms with van der Waals surface area (Å²) in [6.45, 7) is 3.84. The highest BCUT2D eigenvalue weighted by Gasteiger charge is 2.29. The molecule has 6 nitrogen and oxygen atoms in total. The molecule has 3 rings (SSSR count). The average molecular weight is 349 g/mol. The van der Waals surface area contributed by atoms with Gasteiger partial charge in [-0.25, -0.2) is 4.79 Å². The van der Waals surface area contributed by atoms with Gasteiger partial charge in [0.2, 0.25) is 0 Å². The number of furan rings is 1. The molecule has 140 valence electrons. The van der Waals surface area contributed by atoms with Gasteiger partial charge in [0.25, 0.3) is 0 Å². The summed E-state index contributed by atoms with van der Waals surface area (Å²) in [7, 11) is 0. The van der Waals surface area contributed by atoms with Crippen LogP contribution in [0.4, 0.5) is 4.79 Å². The highest BCUT2D eigenvalue weighted by atomic mass is 16.4. The summed E-state index contributed by atoms with van der Waals surface area (Å²) in [6.07, 6.45) is 10.3. The number of piperidine rings is 1. The first-order valence-corrected chi connectivity index (χ1v) is 9.59. The zero-order valence-electron chi connectivity index (χ0n) is 15.2. The first-order valence-electron chi connectivity index (χ1n) is 9.59. The second-order valence-corrected chi connectivity index (χ2v) is 7.70. The van der Waals surface area contributed by atoms with Crippen LogP contribution in [0, 0.1) is 0 Å². The van der Waals surface area contributed by atoms with Crippen LogP contribution in [-0.4, -0.2) is 47.8 Å². The highest BCUT2D eigenvalue weighted by Crippen LogP contribution is 2.25. The number of nitrogens with zero attached hydrogens (tertiary/aromatic N) is 1. The Hall–Kier alpha value is -1.53. The summed E-state index contributed by atoms with van der Waals surface area (Å²) >= 11 is 0. The van der Waals surface area contributed by atoms with Gasteiger partial charge in [0.15, 0.2) is 0 Å². The summed E-state index contributed by atoms with van der Waals surface area (Å²) < 4.78 is 5.23. The first kappa shape index (κ1) is 18.3. The zero-order chi connectivity index (χ0) is 17.7. The molecule has 2 atom stereocenters. The van der Waals surface area contributed by atoms with Gasteiger partial charge in [0, 0.05) is 18.6 Å². The summed E-state index contributed by atoms with van der Waals surface area (Å²) in [5.74, 6) is 0.453. The molecule has 0 spiro atoms. The van der Waals surface area contributed by atoms with Gasteiger partial charge in [-0.3, -0.25) is 4.90 Å². The topological polar surface area (TPSA) is 77.7 Å². The van der Waals surface area contributed by atoms with Gasteiger partial charge in [0.05, 0.1) is 12.8 Å². The SMILES string of the molecule is CC(O)(CNC(=O)NC1CCCN(C2CCCCC2)C1)c1ccco1. The van der Waals surface area contributed by atoms with Gasteiger partial charge in [0.1, 0.15) is 11.4 Å². The average Bonchev–Trinajstić information content (AvgIpc) is 3.17. The number of carbonyl (C=O) groups excluding carboxylic acids is 1. The van der Waals surface area contributed by atoms with Gasteiger partial charge < -0.3 is 20.2 Å². The molecule has 1 aliphatic heterocycles. The van der Waals surface area contributed by atoms with Crippen molar-refractivity contribution < 1.29 is 14.3 Å². The molecule has 1 aliphatic carbocycles. The Balaban J connectivity index is 1.44. The van der Waals surface area contributed by atoms with E-state index in [0.717, 1.165) is 25.9 Å². The quantitative estimate of drug-likeness (QED) is 0.763. The van der Waals surface area contributed by atoms with Gasteiger partial charge >= 0.3 is 6.03 Å². The number of rotatable bonds is 5. The minimum Gasteiger partial charge on any atom is -0.466 e. The molecule has 3 N–H and O–H groups in total. The number of hydrogen-bond donors (Lipinski definition) is 3. The molecule has 2 unspecified atom stereocenters. The van der Waals surface area contributed by atoms with E-state index in [4.69, 9.17) is 4.42 Å². The van der Waals surface area contributed by atoms with E-state index in [2.05, 4.69) is 15.5 Å². The van der Waals surface area contributed by atoms with Crippen LogP contribution in [0.25, 0.3) is 0 Å². The third kappa shape index (κ3) is 4.98. The number of hydrogen-bond acceptors (Lipinski definition) is 4. The maximum atomic E-state index is 12.2. The van der Waals surface area contributed by atoms with E-state index >= 15 is 0 Å². The minimum absolute atomic E-state index is 0.116. The molecule has 1 saturated carbocycles. The number of carbonyl (C=O) groups is 1. The van der Waals surface area contributed by atoms with Crippen molar-refractivity contribution in [2.75, 3.05) is 19.6 Å². The fourth-order valence-electron chi connectivity index (χ4n) is 4.06. The summed E-state index contributed by atoms with van der Waals surface area (Å²) in [5.41, 5.74) is -1.21. The number of aliphatic hydroxyl groups is 1. The molecule has 0 bridgehead atoms. The van der Waals surface area contributed by atoms with Gasteiger partial charge in [-0.2, -0.15) is 0 Å². The van der Waals surface area contributed by atoms with E-state index in [1.165, 1.54) is 38.4 Å². The maximum absolute atomic E-state index is 12.2. The second kappa shape index (κ2) is 8.23. The van der Waals surface area contributed by atoms with Gasteiger partial charge in [-0.05, 0) is 51.3 Å². The molecule has 0 aromatic carbocycles. The molecule has 2 fully saturated rings. The van der Waals surface area contributed by atoms with Crippen molar-refractivity contribution in [3.05, 3.63) is 24.2 Å². The van der Waals surface area contributed by atoms with Crippen molar-refractivity contribution in [3.8, 4) is 0 Å². The smallest absolute Gasteiger partial charge is 0.315 e. The summed E-state index contributed by atoms with van der Waals surface area (Å²) in [4.78, 5) is 14.8. The Morgan fingerprint density at radius 3 is 2.84 bits per heavy atom. The normalized spacial score (nSPS) is 25.3. The van der Waals surface area contributed by atoms with Crippen LogP contribution >= 0.6 is 0 Å². The largest absolute Gasteiger partial charge is 0.466 e. The van der Waals surface area contributed by atoms with Crippen molar-refractivity contribution in [1.29, 1.82) is 0 Å². The van der Waals surface area contributed by atoms with E-state index in [1.54, 1.807) is 19.1 Å². The molecule has 0 radical (unpaired) electrons. The van der Waals surface area contributed by atoms with Crippen molar-refractivity contribution in [3.63, 3.8) is 0 Å². The van der Waals surface area contributed by atoms with Crippen molar-refractivity contribution in [2.24, 2.45) is 0 Å².